The van der Waals surface area contributed by atoms with Gasteiger partial charge < -0.3 is 19.2 Å². The minimum atomic E-state index is -1.18. The van der Waals surface area contributed by atoms with E-state index in [0.29, 0.717) is 13.2 Å². The first-order chi connectivity index (χ1) is 13.6. The second-order valence-electron chi connectivity index (χ2n) is 7.09. The average molecular weight is 395 g/mol. The van der Waals surface area contributed by atoms with Gasteiger partial charge in [-0.2, -0.15) is 3.97 Å². The molecule has 5 rings (SSSR count). The molecule has 0 aromatic carbocycles. The molecule has 1 aliphatic heterocycles. The van der Waals surface area contributed by atoms with Crippen LogP contribution in [0.1, 0.15) is 6.92 Å². The van der Waals surface area contributed by atoms with E-state index < -0.39 is 11.4 Å². The van der Waals surface area contributed by atoms with Gasteiger partial charge >= 0.3 is 0 Å². The monoisotopic (exact) mass is 395 g/mol. The number of rotatable bonds is 3. The molecule has 0 aliphatic carbocycles. The summed E-state index contributed by atoms with van der Waals surface area (Å²) in [5.74, 6) is 0. The van der Waals surface area contributed by atoms with E-state index in [0.717, 1.165) is 45.6 Å². The second-order valence-corrected chi connectivity index (χ2v) is 8.33. The van der Waals surface area contributed by atoms with Crippen LogP contribution in [0.3, 0.4) is 0 Å². The van der Waals surface area contributed by atoms with Crippen molar-refractivity contribution in [1.29, 1.82) is 0 Å². The normalized spacial score (nSPS) is 18.8. The zero-order chi connectivity index (χ0) is 19.3. The Balaban J connectivity index is 1.73. The topological polar surface area (TPSA) is 82.0 Å². The minimum absolute atomic E-state index is 0.257. The molecule has 2 unspecified atom stereocenters. The average Bonchev–Trinajstić information content (AvgIpc) is 3.33. The number of pyridine rings is 2. The summed E-state index contributed by atoms with van der Waals surface area (Å²) in [6.07, 6.45) is 7.22. The first kappa shape index (κ1) is 17.5. The molecular formula is C20H21N5O2S. The molecule has 1 N–H and O–H groups in total. The van der Waals surface area contributed by atoms with Crippen LogP contribution in [0.2, 0.25) is 0 Å². The summed E-state index contributed by atoms with van der Waals surface area (Å²) in [5.41, 5.74) is 4.42. The van der Waals surface area contributed by atoms with Crippen molar-refractivity contribution in [3.63, 3.8) is 0 Å². The van der Waals surface area contributed by atoms with Crippen molar-refractivity contribution in [3.05, 3.63) is 42.9 Å². The fraction of sp³-hybridized carbons (Fsp3) is 0.300. The smallest absolute Gasteiger partial charge is 0.188 e. The van der Waals surface area contributed by atoms with Crippen molar-refractivity contribution in [2.24, 2.45) is 0 Å². The fourth-order valence-corrected chi connectivity index (χ4v) is 4.44. The summed E-state index contributed by atoms with van der Waals surface area (Å²) >= 11 is -1.18. The number of H-pyrrole nitrogens is 1. The Morgan fingerprint density at radius 2 is 2.21 bits per heavy atom. The molecule has 4 aromatic rings. The molecule has 2 atom stereocenters. The van der Waals surface area contributed by atoms with Gasteiger partial charge in [0.1, 0.15) is 11.9 Å². The third kappa shape index (κ3) is 2.85. The third-order valence-corrected chi connectivity index (χ3v) is 6.10. The lowest BCUT2D eigenvalue weighted by atomic mass is 10.1. The third-order valence-electron chi connectivity index (χ3n) is 5.25. The first-order valence-electron chi connectivity index (χ1n) is 9.26. The van der Waals surface area contributed by atoms with Crippen LogP contribution in [0.4, 0.5) is 5.69 Å². The fourth-order valence-electron chi connectivity index (χ4n) is 3.83. The highest BCUT2D eigenvalue weighted by Gasteiger charge is 2.24. The molecule has 0 bridgehead atoms. The van der Waals surface area contributed by atoms with Gasteiger partial charge in [0.15, 0.2) is 5.65 Å². The molecular weight excluding hydrogens is 374 g/mol. The number of nitrogens with one attached hydrogen (secondary N) is 1. The quantitative estimate of drug-likeness (QED) is 0.540. The van der Waals surface area contributed by atoms with Crippen molar-refractivity contribution in [3.8, 4) is 11.3 Å². The molecule has 1 saturated heterocycles. The number of ether oxygens (including phenoxy) is 1. The summed E-state index contributed by atoms with van der Waals surface area (Å²) in [6, 6.07) is 8.45. The molecule has 0 amide bonds. The predicted molar refractivity (Wildman–Crippen MR) is 112 cm³/mol. The van der Waals surface area contributed by atoms with Gasteiger partial charge in [-0.1, -0.05) is 0 Å². The molecule has 4 aromatic heterocycles. The van der Waals surface area contributed by atoms with Gasteiger partial charge in [-0.25, -0.2) is 9.97 Å². The van der Waals surface area contributed by atoms with E-state index in [1.807, 2.05) is 30.7 Å². The number of aromatic nitrogens is 4. The lowest BCUT2D eigenvalue weighted by Crippen LogP contribution is -2.43. The Hall–Kier alpha value is -2.55. The van der Waals surface area contributed by atoms with E-state index >= 15 is 0 Å². The lowest BCUT2D eigenvalue weighted by molar-refractivity contribution is 0.0991. The van der Waals surface area contributed by atoms with Crippen molar-refractivity contribution in [2.75, 3.05) is 30.9 Å². The van der Waals surface area contributed by atoms with Gasteiger partial charge in [-0.3, -0.25) is 0 Å². The van der Waals surface area contributed by atoms with Crippen LogP contribution in [0.5, 0.6) is 0 Å². The van der Waals surface area contributed by atoms with Crippen molar-refractivity contribution in [2.45, 2.75) is 13.0 Å². The van der Waals surface area contributed by atoms with Gasteiger partial charge in [0.2, 0.25) is 0 Å². The predicted octanol–water partition coefficient (Wildman–Crippen LogP) is 2.95. The largest absolute Gasteiger partial charge is 0.593 e. The highest BCUT2D eigenvalue weighted by atomic mass is 32.2. The number of hydrogen-bond acceptors (Lipinski definition) is 5. The van der Waals surface area contributed by atoms with E-state index in [1.165, 1.54) is 0 Å². The van der Waals surface area contributed by atoms with Crippen molar-refractivity contribution in [1.82, 2.24) is 18.9 Å². The first-order valence-corrected chi connectivity index (χ1v) is 10.8. The number of hydrogen-bond donors (Lipinski definition) is 1. The molecule has 0 radical (unpaired) electrons. The maximum Gasteiger partial charge on any atom is 0.188 e. The molecule has 7 nitrogen and oxygen atoms in total. The molecule has 1 aliphatic rings. The van der Waals surface area contributed by atoms with E-state index in [9.17, 15) is 4.55 Å². The zero-order valence-electron chi connectivity index (χ0n) is 15.8. The number of morpholine rings is 1. The SMILES string of the molecule is CC1COCCN1c1cc(-c2cnc3[nH]ccc3c2)nc2c1ccn2[S+](C)[O-]. The van der Waals surface area contributed by atoms with Crippen LogP contribution >= 0.6 is 0 Å². The van der Waals surface area contributed by atoms with E-state index in [-0.39, 0.29) is 6.04 Å². The number of nitrogens with zero attached hydrogens (tertiary/aromatic N) is 4. The maximum absolute atomic E-state index is 12.2. The maximum atomic E-state index is 12.2. The molecule has 0 spiro atoms. The van der Waals surface area contributed by atoms with Crippen molar-refractivity contribution < 1.29 is 9.29 Å². The summed E-state index contributed by atoms with van der Waals surface area (Å²) in [4.78, 5) is 14.8. The number of aromatic amines is 1. The Morgan fingerprint density at radius 1 is 1.32 bits per heavy atom. The van der Waals surface area contributed by atoms with E-state index in [1.54, 1.807) is 10.2 Å². The summed E-state index contributed by atoms with van der Waals surface area (Å²) < 4.78 is 19.6. The minimum Gasteiger partial charge on any atom is -0.593 e. The zero-order valence-corrected chi connectivity index (χ0v) is 16.6. The Morgan fingerprint density at radius 3 is 3.04 bits per heavy atom. The highest BCUT2D eigenvalue weighted by Crippen LogP contribution is 2.34. The van der Waals surface area contributed by atoms with Crippen LogP contribution in [-0.2, 0) is 16.1 Å². The van der Waals surface area contributed by atoms with Crippen LogP contribution in [0.25, 0.3) is 33.3 Å². The van der Waals surface area contributed by atoms with Gasteiger partial charge in [-0.15, -0.1) is 0 Å². The van der Waals surface area contributed by atoms with Gasteiger partial charge in [0.05, 0.1) is 42.2 Å². The Kier molecular flexibility index (Phi) is 4.26. The molecule has 0 saturated carbocycles. The van der Waals surface area contributed by atoms with Gasteiger partial charge in [0.25, 0.3) is 0 Å². The molecule has 8 heteroatoms. The molecule has 28 heavy (non-hydrogen) atoms. The molecule has 5 heterocycles. The van der Waals surface area contributed by atoms with Gasteiger partial charge in [0, 0.05) is 41.3 Å². The van der Waals surface area contributed by atoms with Crippen LogP contribution < -0.4 is 4.90 Å². The van der Waals surface area contributed by atoms with Crippen LogP contribution in [0, 0.1) is 0 Å². The van der Waals surface area contributed by atoms with Crippen LogP contribution in [0.15, 0.2) is 42.9 Å². The van der Waals surface area contributed by atoms with Crippen LogP contribution in [-0.4, -0.2) is 55.5 Å². The van der Waals surface area contributed by atoms with E-state index in [2.05, 4.69) is 33.9 Å². The Bertz CT molecular complexity index is 1150. The summed E-state index contributed by atoms with van der Waals surface area (Å²) in [7, 11) is 0. The van der Waals surface area contributed by atoms with E-state index in [4.69, 9.17) is 9.72 Å². The summed E-state index contributed by atoms with van der Waals surface area (Å²) in [6.45, 7) is 4.36. The highest BCUT2D eigenvalue weighted by molar-refractivity contribution is 7.89. The molecule has 144 valence electrons. The molecule has 1 fully saturated rings. The van der Waals surface area contributed by atoms with Crippen molar-refractivity contribution >= 4 is 39.1 Å². The number of fused-ring (bicyclic) bond motifs is 2. The lowest BCUT2D eigenvalue weighted by Gasteiger charge is -2.35. The second kappa shape index (κ2) is 6.80. The number of anilines is 1. The summed E-state index contributed by atoms with van der Waals surface area (Å²) in [5, 5.41) is 2.04. The standard InChI is InChI=1S/C20H21N5O2S/c1-13-12-27-8-7-24(13)18-10-17(15-9-14-3-5-21-19(14)22-11-15)23-20-16(18)4-6-25(20)28(2)26/h3-6,9-11,13H,7-8,12H2,1-2H3,(H,21,22). The van der Waals surface area contributed by atoms with Gasteiger partial charge in [-0.05, 0) is 31.2 Å². The Labute approximate surface area is 165 Å².